The predicted octanol–water partition coefficient (Wildman–Crippen LogP) is 3.77. The van der Waals surface area contributed by atoms with E-state index < -0.39 is 5.92 Å². The van der Waals surface area contributed by atoms with Gasteiger partial charge in [-0.05, 0) is 31.1 Å². The van der Waals surface area contributed by atoms with Crippen LogP contribution in [-0.4, -0.2) is 17.9 Å². The van der Waals surface area contributed by atoms with E-state index in [4.69, 9.17) is 4.74 Å². The van der Waals surface area contributed by atoms with Crippen molar-refractivity contribution in [3.63, 3.8) is 0 Å². The second-order valence-electron chi connectivity index (χ2n) is 4.89. The average Bonchev–Trinajstić information content (AvgIpc) is 2.41. The molecule has 108 valence electrons. The van der Waals surface area contributed by atoms with E-state index in [0.717, 1.165) is 0 Å². The van der Waals surface area contributed by atoms with Gasteiger partial charge in [-0.1, -0.05) is 12.6 Å². The van der Waals surface area contributed by atoms with Crippen molar-refractivity contribution in [1.82, 2.24) is 0 Å². The van der Waals surface area contributed by atoms with E-state index in [9.17, 15) is 13.6 Å². The van der Waals surface area contributed by atoms with Crippen LogP contribution in [0.4, 0.5) is 14.5 Å². The van der Waals surface area contributed by atoms with Crippen molar-refractivity contribution >= 4 is 11.6 Å². The first kappa shape index (κ1) is 14.5. The third-order valence-electron chi connectivity index (χ3n) is 3.25. The summed E-state index contributed by atoms with van der Waals surface area (Å²) in [5, 5.41) is 2.63. The molecule has 1 fully saturated rings. The Kier molecular flexibility index (Phi) is 4.37. The van der Waals surface area contributed by atoms with Crippen LogP contribution >= 0.6 is 0 Å². The number of anilines is 1. The summed E-state index contributed by atoms with van der Waals surface area (Å²) in [5.41, 5.74) is 0.591. The van der Waals surface area contributed by atoms with Crippen molar-refractivity contribution in [3.05, 3.63) is 36.9 Å². The van der Waals surface area contributed by atoms with Crippen molar-refractivity contribution in [2.24, 2.45) is 0 Å². The monoisotopic (exact) mass is 281 g/mol. The highest BCUT2D eigenvalue weighted by Crippen LogP contribution is 2.35. The highest BCUT2D eigenvalue weighted by Gasteiger charge is 2.35. The maximum Gasteiger partial charge on any atom is 0.248 e. The van der Waals surface area contributed by atoms with Gasteiger partial charge >= 0.3 is 0 Å². The minimum Gasteiger partial charge on any atom is -0.490 e. The lowest BCUT2D eigenvalue weighted by molar-refractivity contribution is -0.111. The Morgan fingerprint density at radius 3 is 2.75 bits per heavy atom. The molecule has 1 amide bonds. The smallest absolute Gasteiger partial charge is 0.248 e. The van der Waals surface area contributed by atoms with Gasteiger partial charge in [0.05, 0.1) is 6.10 Å². The average molecular weight is 281 g/mol. The molecule has 1 saturated carbocycles. The molecule has 0 atom stereocenters. The Bertz CT molecular complexity index is 492. The SMILES string of the molecule is C=CC(=O)Nc1cccc(OC2CCC(F)(F)CC2)c1. The summed E-state index contributed by atoms with van der Waals surface area (Å²) in [6, 6.07) is 6.89. The van der Waals surface area contributed by atoms with Crippen LogP contribution in [0, 0.1) is 0 Å². The minimum atomic E-state index is -2.56. The first-order valence-electron chi connectivity index (χ1n) is 6.56. The number of nitrogens with one attached hydrogen (secondary N) is 1. The largest absolute Gasteiger partial charge is 0.490 e. The summed E-state index contributed by atoms with van der Waals surface area (Å²) in [6.07, 6.45) is 1.40. The van der Waals surface area contributed by atoms with Crippen LogP contribution < -0.4 is 10.1 Å². The summed E-state index contributed by atoms with van der Waals surface area (Å²) >= 11 is 0. The molecule has 0 aromatic heterocycles. The number of hydrogen-bond donors (Lipinski definition) is 1. The number of amides is 1. The molecule has 0 unspecified atom stereocenters. The highest BCUT2D eigenvalue weighted by molar-refractivity contribution is 5.98. The second-order valence-corrected chi connectivity index (χ2v) is 4.89. The fourth-order valence-electron chi connectivity index (χ4n) is 2.16. The van der Waals surface area contributed by atoms with Gasteiger partial charge in [0.25, 0.3) is 0 Å². The van der Waals surface area contributed by atoms with Gasteiger partial charge in [0.1, 0.15) is 5.75 Å². The van der Waals surface area contributed by atoms with E-state index in [2.05, 4.69) is 11.9 Å². The van der Waals surface area contributed by atoms with Crippen molar-refractivity contribution in [2.75, 3.05) is 5.32 Å². The Morgan fingerprint density at radius 2 is 2.10 bits per heavy atom. The zero-order chi connectivity index (χ0) is 14.6. The zero-order valence-electron chi connectivity index (χ0n) is 11.1. The topological polar surface area (TPSA) is 38.3 Å². The third-order valence-corrected chi connectivity index (χ3v) is 3.25. The van der Waals surface area contributed by atoms with Crippen molar-refractivity contribution in [3.8, 4) is 5.75 Å². The molecule has 1 aliphatic rings. The first-order valence-corrected chi connectivity index (χ1v) is 6.56. The van der Waals surface area contributed by atoms with Crippen LogP contribution in [-0.2, 0) is 4.79 Å². The molecule has 0 spiro atoms. The number of ether oxygens (including phenoxy) is 1. The lowest BCUT2D eigenvalue weighted by Gasteiger charge is -2.28. The Hall–Kier alpha value is -1.91. The Morgan fingerprint density at radius 1 is 1.40 bits per heavy atom. The maximum absolute atomic E-state index is 13.1. The number of halogens is 2. The van der Waals surface area contributed by atoms with Crippen LogP contribution in [0.2, 0.25) is 0 Å². The minimum absolute atomic E-state index is 0.134. The normalized spacial score (nSPS) is 18.3. The van der Waals surface area contributed by atoms with Crippen LogP contribution in [0.5, 0.6) is 5.75 Å². The van der Waals surface area contributed by atoms with E-state index in [0.29, 0.717) is 24.3 Å². The summed E-state index contributed by atoms with van der Waals surface area (Å²) in [5.74, 6) is -2.29. The molecular weight excluding hydrogens is 264 g/mol. The van der Waals surface area contributed by atoms with E-state index in [1.807, 2.05) is 0 Å². The van der Waals surface area contributed by atoms with Crippen LogP contribution in [0.3, 0.4) is 0 Å². The predicted molar refractivity (Wildman–Crippen MR) is 73.1 cm³/mol. The number of carbonyl (C=O) groups excluding carboxylic acids is 1. The molecule has 0 saturated heterocycles. The number of carbonyl (C=O) groups is 1. The van der Waals surface area contributed by atoms with Gasteiger partial charge in [0, 0.05) is 24.6 Å². The quantitative estimate of drug-likeness (QED) is 0.853. The van der Waals surface area contributed by atoms with Crippen molar-refractivity contribution < 1.29 is 18.3 Å². The molecule has 1 aromatic carbocycles. The van der Waals surface area contributed by atoms with E-state index in [1.54, 1.807) is 24.3 Å². The third kappa shape index (κ3) is 4.05. The molecule has 0 radical (unpaired) electrons. The number of rotatable bonds is 4. The summed E-state index contributed by atoms with van der Waals surface area (Å²) in [7, 11) is 0. The fraction of sp³-hybridized carbons (Fsp3) is 0.400. The lowest BCUT2D eigenvalue weighted by atomic mass is 9.94. The number of alkyl halides is 2. The van der Waals surface area contributed by atoms with Gasteiger partial charge in [-0.25, -0.2) is 8.78 Å². The van der Waals surface area contributed by atoms with Gasteiger partial charge in [-0.15, -0.1) is 0 Å². The second kappa shape index (κ2) is 6.03. The molecule has 1 aromatic rings. The van der Waals surface area contributed by atoms with Gasteiger partial charge in [0.15, 0.2) is 0 Å². The molecule has 2 rings (SSSR count). The molecule has 1 aliphatic carbocycles. The molecule has 5 heteroatoms. The lowest BCUT2D eigenvalue weighted by Crippen LogP contribution is -2.30. The molecule has 20 heavy (non-hydrogen) atoms. The molecule has 1 N–H and O–H groups in total. The van der Waals surface area contributed by atoms with Crippen LogP contribution in [0.1, 0.15) is 25.7 Å². The summed E-state index contributed by atoms with van der Waals surface area (Å²) in [4.78, 5) is 11.2. The zero-order valence-corrected chi connectivity index (χ0v) is 11.1. The standard InChI is InChI=1S/C15H17F2NO2/c1-2-14(19)18-11-4-3-5-13(10-11)20-12-6-8-15(16,17)9-7-12/h2-5,10,12H,1,6-9H2,(H,18,19). The number of hydrogen-bond acceptors (Lipinski definition) is 2. The first-order chi connectivity index (χ1) is 9.48. The van der Waals surface area contributed by atoms with E-state index >= 15 is 0 Å². The molecule has 0 aliphatic heterocycles. The summed E-state index contributed by atoms with van der Waals surface area (Å²) in [6.45, 7) is 3.37. The summed E-state index contributed by atoms with van der Waals surface area (Å²) < 4.78 is 31.8. The Balaban J connectivity index is 1.95. The van der Waals surface area contributed by atoms with E-state index in [-0.39, 0.29) is 24.9 Å². The van der Waals surface area contributed by atoms with Gasteiger partial charge in [0.2, 0.25) is 11.8 Å². The number of benzene rings is 1. The molecule has 0 heterocycles. The van der Waals surface area contributed by atoms with Crippen molar-refractivity contribution in [2.45, 2.75) is 37.7 Å². The van der Waals surface area contributed by atoms with E-state index in [1.165, 1.54) is 6.08 Å². The van der Waals surface area contributed by atoms with Gasteiger partial charge in [-0.3, -0.25) is 4.79 Å². The van der Waals surface area contributed by atoms with Crippen LogP contribution in [0.15, 0.2) is 36.9 Å². The van der Waals surface area contributed by atoms with Gasteiger partial charge < -0.3 is 10.1 Å². The van der Waals surface area contributed by atoms with Crippen molar-refractivity contribution in [1.29, 1.82) is 0 Å². The maximum atomic E-state index is 13.1. The fourth-order valence-corrected chi connectivity index (χ4v) is 2.16. The molecular formula is C15H17F2NO2. The highest BCUT2D eigenvalue weighted by atomic mass is 19.3. The molecule has 0 bridgehead atoms. The van der Waals surface area contributed by atoms with Gasteiger partial charge in [-0.2, -0.15) is 0 Å². The molecule has 3 nitrogen and oxygen atoms in total. The Labute approximate surface area is 116 Å². The van der Waals surface area contributed by atoms with Crippen LogP contribution in [0.25, 0.3) is 0 Å².